The van der Waals surface area contributed by atoms with Gasteiger partial charge in [-0.3, -0.25) is 4.79 Å². The predicted molar refractivity (Wildman–Crippen MR) is 83.7 cm³/mol. The molecule has 1 saturated carbocycles. The van der Waals surface area contributed by atoms with Crippen LogP contribution in [0.25, 0.3) is 0 Å². The van der Waals surface area contributed by atoms with Crippen molar-refractivity contribution in [3.8, 4) is 0 Å². The maximum atomic E-state index is 11.7. The third-order valence-corrected chi connectivity index (χ3v) is 4.44. The second kappa shape index (κ2) is 7.47. The van der Waals surface area contributed by atoms with Gasteiger partial charge < -0.3 is 4.74 Å². The van der Waals surface area contributed by atoms with Crippen LogP contribution in [0, 0.1) is 11.8 Å². The summed E-state index contributed by atoms with van der Waals surface area (Å²) in [6, 6.07) is 10.6. The van der Waals surface area contributed by atoms with E-state index in [4.69, 9.17) is 4.74 Å². The molecule has 0 aliphatic heterocycles. The number of hydrogen-bond acceptors (Lipinski definition) is 2. The van der Waals surface area contributed by atoms with Crippen LogP contribution >= 0.6 is 0 Å². The molecule has 0 aromatic heterocycles. The van der Waals surface area contributed by atoms with E-state index in [1.807, 2.05) is 13.8 Å². The molecule has 2 rings (SSSR count). The molecule has 2 nitrogen and oxygen atoms in total. The van der Waals surface area contributed by atoms with Crippen molar-refractivity contribution in [2.24, 2.45) is 11.8 Å². The van der Waals surface area contributed by atoms with E-state index >= 15 is 0 Å². The average molecular weight is 276 g/mol. The number of esters is 1. The quantitative estimate of drug-likeness (QED) is 0.739. The first-order valence-corrected chi connectivity index (χ1v) is 7.70. The average Bonchev–Trinajstić information content (AvgIpc) is 2.49. The van der Waals surface area contributed by atoms with Crippen molar-refractivity contribution in [1.29, 1.82) is 0 Å². The molecule has 1 aliphatic rings. The summed E-state index contributed by atoms with van der Waals surface area (Å²) < 4.78 is 4.90. The molecule has 3 atom stereocenters. The zero-order chi connectivity index (χ0) is 15.2. The van der Waals surface area contributed by atoms with E-state index in [2.05, 4.69) is 44.2 Å². The molecule has 0 radical (unpaired) electrons. The van der Waals surface area contributed by atoms with Crippen LogP contribution < -0.4 is 0 Å². The van der Waals surface area contributed by atoms with Crippen LogP contribution in [-0.4, -0.2) is 13.1 Å². The molecular formula is C18H28O2. The fourth-order valence-corrected chi connectivity index (χ4v) is 3.32. The Hall–Kier alpha value is -1.31. The van der Waals surface area contributed by atoms with Gasteiger partial charge in [-0.25, -0.2) is 0 Å². The summed E-state index contributed by atoms with van der Waals surface area (Å²) in [5, 5.41) is 0. The van der Waals surface area contributed by atoms with Crippen LogP contribution in [0.2, 0.25) is 0 Å². The highest BCUT2D eigenvalue weighted by Crippen LogP contribution is 2.44. The Kier molecular flexibility index (Phi) is 6.25. The number of benzene rings is 1. The van der Waals surface area contributed by atoms with Gasteiger partial charge in [-0.1, -0.05) is 58.0 Å². The normalized spacial score (nSPS) is 29.1. The predicted octanol–water partition coefficient (Wildman–Crippen LogP) is 4.58. The summed E-state index contributed by atoms with van der Waals surface area (Å²) >= 11 is 0. The summed E-state index contributed by atoms with van der Waals surface area (Å²) in [5.74, 6) is 0.417. The largest absolute Gasteiger partial charge is 0.469 e. The molecule has 20 heavy (non-hydrogen) atoms. The van der Waals surface area contributed by atoms with Crippen LogP contribution in [0.15, 0.2) is 30.3 Å². The third kappa shape index (κ3) is 3.62. The van der Waals surface area contributed by atoms with Crippen LogP contribution in [-0.2, 0) is 14.9 Å². The molecule has 0 saturated heterocycles. The minimum atomic E-state index is -0.0439. The Labute approximate surface area is 123 Å². The second-order valence-corrected chi connectivity index (χ2v) is 5.78. The standard InChI is InChI=1S/C16H22O2.C2H6/c1-12-11-16(2,13-7-5-4-6-8-13)10-9-14(12)15(17)18-3;1-2/h4-8,12,14H,9-11H2,1-3H3;1-2H3. The zero-order valence-corrected chi connectivity index (χ0v) is 13.5. The van der Waals surface area contributed by atoms with Crippen LogP contribution in [0.1, 0.15) is 52.5 Å². The SMILES string of the molecule is CC.COC(=O)C1CCC(C)(c2ccccc2)CC1C. The van der Waals surface area contributed by atoms with Gasteiger partial charge in [0.05, 0.1) is 13.0 Å². The summed E-state index contributed by atoms with van der Waals surface area (Å²) in [5.41, 5.74) is 1.59. The van der Waals surface area contributed by atoms with Gasteiger partial charge in [-0.15, -0.1) is 0 Å². The Balaban J connectivity index is 0.000000956. The van der Waals surface area contributed by atoms with Crippen LogP contribution in [0.5, 0.6) is 0 Å². The maximum Gasteiger partial charge on any atom is 0.308 e. The number of ether oxygens (including phenoxy) is 1. The lowest BCUT2D eigenvalue weighted by molar-refractivity contribution is -0.149. The van der Waals surface area contributed by atoms with Crippen molar-refractivity contribution in [3.63, 3.8) is 0 Å². The lowest BCUT2D eigenvalue weighted by atomic mass is 9.64. The molecular weight excluding hydrogens is 248 g/mol. The summed E-state index contributed by atoms with van der Waals surface area (Å²) in [7, 11) is 1.49. The van der Waals surface area contributed by atoms with Crippen molar-refractivity contribution < 1.29 is 9.53 Å². The van der Waals surface area contributed by atoms with Gasteiger partial charge in [0.2, 0.25) is 0 Å². The van der Waals surface area contributed by atoms with E-state index in [0.717, 1.165) is 19.3 Å². The first-order valence-electron chi connectivity index (χ1n) is 7.70. The van der Waals surface area contributed by atoms with Crippen LogP contribution in [0.3, 0.4) is 0 Å². The summed E-state index contributed by atoms with van der Waals surface area (Å²) in [6.07, 6.45) is 3.04. The molecule has 2 heteroatoms. The number of carbonyl (C=O) groups excluding carboxylic acids is 1. The fraction of sp³-hybridized carbons (Fsp3) is 0.611. The minimum Gasteiger partial charge on any atom is -0.469 e. The van der Waals surface area contributed by atoms with Gasteiger partial charge in [0.15, 0.2) is 0 Å². The highest BCUT2D eigenvalue weighted by Gasteiger charge is 2.39. The fourth-order valence-electron chi connectivity index (χ4n) is 3.32. The Morgan fingerprint density at radius 3 is 2.35 bits per heavy atom. The van der Waals surface area contributed by atoms with E-state index in [-0.39, 0.29) is 17.3 Å². The minimum absolute atomic E-state index is 0.0439. The van der Waals surface area contributed by atoms with E-state index in [0.29, 0.717) is 5.92 Å². The van der Waals surface area contributed by atoms with Crippen molar-refractivity contribution in [3.05, 3.63) is 35.9 Å². The molecule has 1 fully saturated rings. The smallest absolute Gasteiger partial charge is 0.308 e. The molecule has 0 heterocycles. The van der Waals surface area contributed by atoms with Crippen molar-refractivity contribution in [1.82, 2.24) is 0 Å². The van der Waals surface area contributed by atoms with Gasteiger partial charge in [-0.05, 0) is 36.2 Å². The van der Waals surface area contributed by atoms with E-state index < -0.39 is 0 Å². The molecule has 1 aromatic carbocycles. The molecule has 0 amide bonds. The van der Waals surface area contributed by atoms with Gasteiger partial charge >= 0.3 is 5.97 Å². The molecule has 112 valence electrons. The van der Waals surface area contributed by atoms with E-state index in [9.17, 15) is 4.79 Å². The Morgan fingerprint density at radius 2 is 1.85 bits per heavy atom. The number of hydrogen-bond donors (Lipinski definition) is 0. The van der Waals surface area contributed by atoms with Gasteiger partial charge in [0, 0.05) is 0 Å². The molecule has 0 spiro atoms. The third-order valence-electron chi connectivity index (χ3n) is 4.44. The Morgan fingerprint density at radius 1 is 1.25 bits per heavy atom. The van der Waals surface area contributed by atoms with Crippen LogP contribution in [0.4, 0.5) is 0 Å². The monoisotopic (exact) mass is 276 g/mol. The van der Waals surface area contributed by atoms with Gasteiger partial charge in [-0.2, -0.15) is 0 Å². The number of rotatable bonds is 2. The molecule has 0 bridgehead atoms. The lowest BCUT2D eigenvalue weighted by Crippen LogP contribution is -2.37. The van der Waals surface area contributed by atoms with E-state index in [1.165, 1.54) is 12.7 Å². The van der Waals surface area contributed by atoms with E-state index in [1.54, 1.807) is 0 Å². The highest BCUT2D eigenvalue weighted by atomic mass is 16.5. The summed E-state index contributed by atoms with van der Waals surface area (Å²) in [6.45, 7) is 8.48. The zero-order valence-electron chi connectivity index (χ0n) is 13.5. The van der Waals surface area contributed by atoms with Gasteiger partial charge in [0.1, 0.15) is 0 Å². The van der Waals surface area contributed by atoms with Crippen molar-refractivity contribution in [2.75, 3.05) is 7.11 Å². The van der Waals surface area contributed by atoms with Crippen molar-refractivity contribution in [2.45, 2.75) is 52.4 Å². The molecule has 1 aliphatic carbocycles. The molecule has 0 N–H and O–H groups in total. The second-order valence-electron chi connectivity index (χ2n) is 5.78. The summed E-state index contributed by atoms with van der Waals surface area (Å²) in [4.78, 5) is 11.7. The molecule has 1 aromatic rings. The highest BCUT2D eigenvalue weighted by molar-refractivity contribution is 5.72. The first-order chi connectivity index (χ1) is 9.57. The first kappa shape index (κ1) is 16.7. The van der Waals surface area contributed by atoms with Crippen molar-refractivity contribution >= 4 is 5.97 Å². The van der Waals surface area contributed by atoms with Gasteiger partial charge in [0.25, 0.3) is 0 Å². The maximum absolute atomic E-state index is 11.7. The topological polar surface area (TPSA) is 26.3 Å². The Bertz CT molecular complexity index is 413. The lowest BCUT2D eigenvalue weighted by Gasteiger charge is -2.40. The molecule has 3 unspecified atom stereocenters. The number of carbonyl (C=O) groups is 1. The number of methoxy groups -OCH3 is 1.